The van der Waals surface area contributed by atoms with E-state index in [0.29, 0.717) is 53.8 Å². The Morgan fingerprint density at radius 3 is 2.42 bits per heavy atom. The van der Waals surface area contributed by atoms with Gasteiger partial charge in [-0.2, -0.15) is 0 Å². The lowest BCUT2D eigenvalue weighted by molar-refractivity contribution is -0.138. The Balaban J connectivity index is 0.739. The SMILES string of the molecule is O=C1CCC(Nc2cc(F)c(N3CCC(O)(CC(=O)N4CCN(c5ccc(-c6cc(F)c7c(c6)C(=O)N(C(C(=O)Nc6nccs6)c6ncn8c6CCC8)C7)cc5)CC4)CC3)c(Cl)c2)C(=O)N1. The van der Waals surface area contributed by atoms with Crippen LogP contribution in [0.5, 0.6) is 0 Å². The summed E-state index contributed by atoms with van der Waals surface area (Å²) in [7, 11) is 0. The van der Waals surface area contributed by atoms with Gasteiger partial charge in [0.25, 0.3) is 11.8 Å². The first kappa shape index (κ1) is 44.4. The van der Waals surface area contributed by atoms with E-state index in [4.69, 9.17) is 11.6 Å². The van der Waals surface area contributed by atoms with Crippen LogP contribution in [-0.2, 0) is 38.7 Å². The van der Waals surface area contributed by atoms with E-state index >= 15 is 8.78 Å². The highest BCUT2D eigenvalue weighted by atomic mass is 35.5. The lowest BCUT2D eigenvalue weighted by Gasteiger charge is -2.41. The first-order chi connectivity index (χ1) is 32.3. The van der Waals surface area contributed by atoms with Crippen LogP contribution in [0.1, 0.15) is 71.9 Å². The van der Waals surface area contributed by atoms with E-state index in [1.54, 1.807) is 33.8 Å². The number of rotatable bonds is 11. The van der Waals surface area contributed by atoms with E-state index in [0.717, 1.165) is 30.8 Å². The molecule has 5 amide bonds. The molecule has 20 heteroatoms. The van der Waals surface area contributed by atoms with E-state index in [-0.39, 0.29) is 85.4 Å². The number of amides is 5. The second-order valence-corrected chi connectivity index (χ2v) is 19.1. The third-order valence-electron chi connectivity index (χ3n) is 13.6. The molecule has 3 aromatic carbocycles. The molecule has 0 bridgehead atoms. The van der Waals surface area contributed by atoms with E-state index in [9.17, 15) is 29.1 Å². The molecule has 5 aliphatic rings. The fraction of sp³-hybridized carbons (Fsp3) is 0.383. The number of hydrogen-bond acceptors (Lipinski definition) is 12. The number of aliphatic hydroxyl groups is 1. The number of carbonyl (C=O) groups is 5. The van der Waals surface area contributed by atoms with E-state index < -0.39 is 47.0 Å². The molecule has 7 heterocycles. The zero-order valence-electron chi connectivity index (χ0n) is 36.3. The maximum atomic E-state index is 16.0. The summed E-state index contributed by atoms with van der Waals surface area (Å²) in [5.74, 6) is -3.04. The minimum atomic E-state index is -1.27. The molecular formula is C47H47ClF2N10O6S. The van der Waals surface area contributed by atoms with Gasteiger partial charge in [-0.05, 0) is 79.6 Å². The van der Waals surface area contributed by atoms with Gasteiger partial charge in [0.2, 0.25) is 17.7 Å². The Morgan fingerprint density at radius 1 is 0.925 bits per heavy atom. The highest BCUT2D eigenvalue weighted by Crippen LogP contribution is 2.40. The summed E-state index contributed by atoms with van der Waals surface area (Å²) in [6.45, 7) is 3.24. The summed E-state index contributed by atoms with van der Waals surface area (Å²) in [4.78, 5) is 81.0. The van der Waals surface area contributed by atoms with Crippen molar-refractivity contribution in [3.8, 4) is 11.1 Å². The Bertz CT molecular complexity index is 2750. The number of imide groups is 1. The number of aromatic nitrogens is 3. The summed E-state index contributed by atoms with van der Waals surface area (Å²) in [5, 5.41) is 21.8. The largest absolute Gasteiger partial charge is 0.389 e. The van der Waals surface area contributed by atoms with E-state index in [1.165, 1.54) is 34.4 Å². The van der Waals surface area contributed by atoms with Crippen LogP contribution in [0.25, 0.3) is 11.1 Å². The van der Waals surface area contributed by atoms with Crippen molar-refractivity contribution in [3.63, 3.8) is 0 Å². The van der Waals surface area contributed by atoms with Crippen molar-refractivity contribution in [1.29, 1.82) is 0 Å². The number of fused-ring (bicyclic) bond motifs is 2. The molecule has 4 N–H and O–H groups in total. The molecule has 3 fully saturated rings. The van der Waals surface area contributed by atoms with Crippen molar-refractivity contribution in [3.05, 3.63) is 106 Å². The van der Waals surface area contributed by atoms with Gasteiger partial charge in [-0.3, -0.25) is 34.6 Å². The van der Waals surface area contributed by atoms with Crippen LogP contribution in [0.15, 0.2) is 66.4 Å². The fourth-order valence-electron chi connectivity index (χ4n) is 9.94. The molecule has 5 aromatic rings. The van der Waals surface area contributed by atoms with Crippen molar-refractivity contribution < 1.29 is 37.9 Å². The third kappa shape index (κ3) is 8.82. The molecular weight excluding hydrogens is 906 g/mol. The van der Waals surface area contributed by atoms with Gasteiger partial charge in [0.15, 0.2) is 11.2 Å². The summed E-state index contributed by atoms with van der Waals surface area (Å²) in [6.07, 6.45) is 5.74. The predicted molar refractivity (Wildman–Crippen MR) is 247 cm³/mol. The highest BCUT2D eigenvalue weighted by molar-refractivity contribution is 7.13. The first-order valence-corrected chi connectivity index (χ1v) is 23.6. The number of benzene rings is 3. The van der Waals surface area contributed by atoms with Crippen molar-refractivity contribution >= 4 is 74.7 Å². The average Bonchev–Trinajstić information content (AvgIpc) is 4.13. The van der Waals surface area contributed by atoms with Crippen LogP contribution in [0.2, 0.25) is 5.02 Å². The minimum Gasteiger partial charge on any atom is -0.389 e. The zero-order valence-corrected chi connectivity index (χ0v) is 37.8. The second kappa shape index (κ2) is 18.0. The number of anilines is 4. The Morgan fingerprint density at radius 2 is 1.70 bits per heavy atom. The van der Waals surface area contributed by atoms with Gasteiger partial charge in [-0.1, -0.05) is 23.7 Å². The number of hydrogen-bond donors (Lipinski definition) is 4. The van der Waals surface area contributed by atoms with Crippen LogP contribution in [0.4, 0.5) is 31.0 Å². The van der Waals surface area contributed by atoms with Gasteiger partial charge in [0, 0.05) is 92.0 Å². The number of halogens is 3. The smallest absolute Gasteiger partial charge is 0.255 e. The van der Waals surface area contributed by atoms with Crippen LogP contribution < -0.4 is 25.8 Å². The number of nitrogens with zero attached hydrogens (tertiary/aromatic N) is 7. The van der Waals surface area contributed by atoms with Gasteiger partial charge in [0.05, 0.1) is 41.3 Å². The van der Waals surface area contributed by atoms with Crippen LogP contribution in [0.3, 0.4) is 0 Å². The fourth-order valence-corrected chi connectivity index (χ4v) is 10.8. The number of piperazine rings is 1. The molecule has 16 nitrogen and oxygen atoms in total. The van der Waals surface area contributed by atoms with Crippen molar-refractivity contribution in [2.24, 2.45) is 0 Å². The van der Waals surface area contributed by atoms with Gasteiger partial charge in [-0.25, -0.2) is 18.7 Å². The summed E-state index contributed by atoms with van der Waals surface area (Å²) in [5.41, 5.74) is 3.17. The molecule has 5 aliphatic heterocycles. The van der Waals surface area contributed by atoms with Crippen molar-refractivity contribution in [2.75, 3.05) is 59.7 Å². The molecule has 2 atom stereocenters. The van der Waals surface area contributed by atoms with Crippen molar-refractivity contribution in [2.45, 2.75) is 75.7 Å². The maximum absolute atomic E-state index is 16.0. The molecule has 0 saturated carbocycles. The average molecular weight is 953 g/mol. The number of piperidine rings is 2. The Kier molecular flexibility index (Phi) is 11.9. The number of carbonyl (C=O) groups excluding carboxylic acids is 5. The van der Waals surface area contributed by atoms with Gasteiger partial charge < -0.3 is 34.6 Å². The first-order valence-electron chi connectivity index (χ1n) is 22.4. The molecule has 67 heavy (non-hydrogen) atoms. The summed E-state index contributed by atoms with van der Waals surface area (Å²) >= 11 is 7.80. The van der Waals surface area contributed by atoms with Gasteiger partial charge in [-0.15, -0.1) is 11.3 Å². The summed E-state index contributed by atoms with van der Waals surface area (Å²) < 4.78 is 33.4. The zero-order chi connectivity index (χ0) is 46.6. The van der Waals surface area contributed by atoms with Crippen LogP contribution >= 0.6 is 22.9 Å². The van der Waals surface area contributed by atoms with Crippen LogP contribution in [0, 0.1) is 11.6 Å². The molecule has 10 rings (SSSR count). The Labute approximate surface area is 392 Å². The quantitative estimate of drug-likeness (QED) is 0.123. The normalized spacial score (nSPS) is 19.6. The molecule has 3 saturated heterocycles. The Hall–Kier alpha value is -6.44. The monoisotopic (exact) mass is 952 g/mol. The molecule has 348 valence electrons. The van der Waals surface area contributed by atoms with Gasteiger partial charge in [0.1, 0.15) is 17.7 Å². The molecule has 2 unspecified atom stereocenters. The molecule has 0 radical (unpaired) electrons. The number of nitrogens with one attached hydrogen (secondary N) is 3. The number of aryl methyl sites for hydroxylation is 1. The lowest BCUT2D eigenvalue weighted by Crippen LogP contribution is -2.52. The van der Waals surface area contributed by atoms with Gasteiger partial charge >= 0.3 is 0 Å². The maximum Gasteiger partial charge on any atom is 0.255 e. The molecule has 2 aromatic heterocycles. The minimum absolute atomic E-state index is 0.0654. The molecule has 0 spiro atoms. The highest BCUT2D eigenvalue weighted by Gasteiger charge is 2.43. The van der Waals surface area contributed by atoms with E-state index in [1.807, 2.05) is 28.8 Å². The number of thiazole rings is 1. The second-order valence-electron chi connectivity index (χ2n) is 17.8. The van der Waals surface area contributed by atoms with Crippen molar-refractivity contribution in [1.82, 2.24) is 29.7 Å². The van der Waals surface area contributed by atoms with E-state index in [2.05, 4.69) is 30.8 Å². The topological polar surface area (TPSA) is 185 Å². The van der Waals surface area contributed by atoms with Crippen LogP contribution in [-0.4, -0.2) is 110 Å². The number of imidazole rings is 1. The standard InChI is InChI=1S/C47H47ClF2N10O6S/c48-33-22-29(53-36-7-8-38(61)54-43(36)63)23-35(50)41(33)58-13-9-47(66,10-14-58)24-39(62)57-17-15-56(16-18-57)30-5-3-27(4-6-30)28-20-31-32(34(49)21-28)25-60(45(31)65)42(44(64)55-46-51-11-19-67-46)40-37-2-1-12-59(37)26-52-40/h3-6,11,19-23,26,36,42,53,66H,1-2,7-10,12-18,24-25H2,(H,51,55,64)(H,54,61,63). The third-order valence-corrected chi connectivity index (χ3v) is 14.6. The predicted octanol–water partition coefficient (Wildman–Crippen LogP) is 5.51. The molecule has 0 aliphatic carbocycles. The summed E-state index contributed by atoms with van der Waals surface area (Å²) in [6, 6.07) is 11.7. The lowest BCUT2D eigenvalue weighted by atomic mass is 9.87.